The molecule has 2 aliphatic rings. The van der Waals surface area contributed by atoms with E-state index in [0.717, 1.165) is 24.8 Å². The van der Waals surface area contributed by atoms with Crippen molar-refractivity contribution >= 4 is 21.6 Å². The van der Waals surface area contributed by atoms with Crippen molar-refractivity contribution in [2.45, 2.75) is 30.2 Å². The summed E-state index contributed by atoms with van der Waals surface area (Å²) >= 11 is 5.96. The van der Waals surface area contributed by atoms with Gasteiger partial charge >= 0.3 is 0 Å². The summed E-state index contributed by atoms with van der Waals surface area (Å²) in [5.74, 6) is 1.36. The van der Waals surface area contributed by atoms with Crippen LogP contribution in [0.5, 0.6) is 11.5 Å². The second-order valence-corrected chi connectivity index (χ2v) is 8.80. The SMILES string of the molecule is O=S(=O)(NC(c1ccc(Cl)cc1)C1CC1)c1ccc2c(c1)OCCCO2. The Morgan fingerprint density at radius 3 is 2.38 bits per heavy atom. The normalized spacial score (nSPS) is 18.2. The van der Waals surface area contributed by atoms with Crippen LogP contribution in [0, 0.1) is 5.92 Å². The van der Waals surface area contributed by atoms with Crippen LogP contribution in [-0.4, -0.2) is 21.6 Å². The molecule has 1 unspecified atom stereocenters. The lowest BCUT2D eigenvalue weighted by Crippen LogP contribution is -2.30. The van der Waals surface area contributed by atoms with Gasteiger partial charge in [-0.25, -0.2) is 13.1 Å². The fourth-order valence-electron chi connectivity index (χ4n) is 3.08. The predicted molar refractivity (Wildman–Crippen MR) is 99.3 cm³/mol. The molecule has 1 fully saturated rings. The molecule has 1 heterocycles. The first-order valence-electron chi connectivity index (χ1n) is 8.70. The molecule has 2 aromatic rings. The maximum Gasteiger partial charge on any atom is 0.241 e. The Labute approximate surface area is 158 Å². The highest BCUT2D eigenvalue weighted by atomic mass is 35.5. The van der Waals surface area contributed by atoms with Crippen LogP contribution in [0.1, 0.15) is 30.9 Å². The van der Waals surface area contributed by atoms with Crippen LogP contribution >= 0.6 is 11.6 Å². The van der Waals surface area contributed by atoms with Crippen LogP contribution in [-0.2, 0) is 10.0 Å². The number of benzene rings is 2. The van der Waals surface area contributed by atoms with Crippen molar-refractivity contribution in [2.24, 2.45) is 5.92 Å². The van der Waals surface area contributed by atoms with Crippen LogP contribution in [0.15, 0.2) is 47.4 Å². The fraction of sp³-hybridized carbons (Fsp3) is 0.368. The number of ether oxygens (including phenoxy) is 2. The number of fused-ring (bicyclic) bond motifs is 1. The number of sulfonamides is 1. The molecule has 0 bridgehead atoms. The molecule has 7 heteroatoms. The molecule has 1 N–H and O–H groups in total. The van der Waals surface area contributed by atoms with Gasteiger partial charge in [0, 0.05) is 23.6 Å². The van der Waals surface area contributed by atoms with Crippen LogP contribution < -0.4 is 14.2 Å². The third-order valence-electron chi connectivity index (χ3n) is 4.63. The lowest BCUT2D eigenvalue weighted by atomic mass is 10.0. The van der Waals surface area contributed by atoms with Gasteiger partial charge in [-0.15, -0.1) is 0 Å². The first kappa shape index (κ1) is 17.6. The van der Waals surface area contributed by atoms with Gasteiger partial charge in [0.1, 0.15) is 0 Å². The zero-order chi connectivity index (χ0) is 18.1. The maximum atomic E-state index is 13.0. The molecule has 26 heavy (non-hydrogen) atoms. The Balaban J connectivity index is 1.61. The summed E-state index contributed by atoms with van der Waals surface area (Å²) in [6, 6.07) is 11.8. The van der Waals surface area contributed by atoms with Crippen molar-refractivity contribution < 1.29 is 17.9 Å². The van der Waals surface area contributed by atoms with Crippen molar-refractivity contribution in [3.8, 4) is 11.5 Å². The number of hydrogen-bond donors (Lipinski definition) is 1. The quantitative estimate of drug-likeness (QED) is 0.835. The van der Waals surface area contributed by atoms with Crippen LogP contribution in [0.3, 0.4) is 0 Å². The van der Waals surface area contributed by atoms with E-state index in [1.54, 1.807) is 24.3 Å². The van der Waals surface area contributed by atoms with Gasteiger partial charge in [0.05, 0.1) is 18.1 Å². The van der Waals surface area contributed by atoms with Crippen LogP contribution in [0.2, 0.25) is 5.02 Å². The minimum absolute atomic E-state index is 0.182. The van der Waals surface area contributed by atoms with Crippen molar-refractivity contribution in [3.05, 3.63) is 53.1 Å². The second-order valence-electron chi connectivity index (χ2n) is 6.65. The molecule has 0 aromatic heterocycles. The van der Waals surface area contributed by atoms with Gasteiger partial charge in [0.25, 0.3) is 0 Å². The summed E-state index contributed by atoms with van der Waals surface area (Å²) in [7, 11) is -3.69. The fourth-order valence-corrected chi connectivity index (χ4v) is 4.52. The van der Waals surface area contributed by atoms with Crippen molar-refractivity contribution in [2.75, 3.05) is 13.2 Å². The average molecular weight is 394 g/mol. The Morgan fingerprint density at radius 2 is 1.69 bits per heavy atom. The smallest absolute Gasteiger partial charge is 0.241 e. The van der Waals surface area contributed by atoms with E-state index in [-0.39, 0.29) is 10.9 Å². The second kappa shape index (κ2) is 7.10. The third kappa shape index (κ3) is 3.82. The van der Waals surface area contributed by atoms with E-state index >= 15 is 0 Å². The van der Waals surface area contributed by atoms with Gasteiger partial charge < -0.3 is 9.47 Å². The van der Waals surface area contributed by atoms with Gasteiger partial charge in [-0.2, -0.15) is 0 Å². The number of hydrogen-bond acceptors (Lipinski definition) is 4. The Bertz CT molecular complexity index is 894. The molecule has 0 saturated heterocycles. The largest absolute Gasteiger partial charge is 0.490 e. The van der Waals surface area contributed by atoms with Crippen molar-refractivity contribution in [1.29, 1.82) is 0 Å². The lowest BCUT2D eigenvalue weighted by Gasteiger charge is -2.19. The van der Waals surface area contributed by atoms with E-state index in [2.05, 4.69) is 4.72 Å². The van der Waals surface area contributed by atoms with E-state index in [0.29, 0.717) is 35.7 Å². The molecular weight excluding hydrogens is 374 g/mol. The summed E-state index contributed by atoms with van der Waals surface area (Å²) in [5.41, 5.74) is 0.926. The molecule has 0 spiro atoms. The van der Waals surface area contributed by atoms with E-state index in [1.807, 2.05) is 12.1 Å². The predicted octanol–water partition coefficient (Wildman–Crippen LogP) is 3.93. The van der Waals surface area contributed by atoms with Crippen molar-refractivity contribution in [1.82, 2.24) is 4.72 Å². The summed E-state index contributed by atoms with van der Waals surface area (Å²) in [6.07, 6.45) is 2.79. The molecule has 1 atom stereocenters. The summed E-state index contributed by atoms with van der Waals surface area (Å²) < 4.78 is 40.0. The molecule has 1 aliphatic heterocycles. The van der Waals surface area contributed by atoms with E-state index in [9.17, 15) is 8.42 Å². The molecule has 1 aliphatic carbocycles. The zero-order valence-electron chi connectivity index (χ0n) is 14.2. The van der Waals surface area contributed by atoms with E-state index < -0.39 is 10.0 Å². The van der Waals surface area contributed by atoms with E-state index in [4.69, 9.17) is 21.1 Å². The Kier molecular flexibility index (Phi) is 4.82. The summed E-state index contributed by atoms with van der Waals surface area (Å²) in [4.78, 5) is 0.182. The highest BCUT2D eigenvalue weighted by molar-refractivity contribution is 7.89. The van der Waals surface area contributed by atoms with Crippen molar-refractivity contribution in [3.63, 3.8) is 0 Å². The standard InChI is InChI=1S/C19H20ClNO4S/c20-15-6-4-14(5-7-15)19(13-2-3-13)21-26(22,23)16-8-9-17-18(12-16)25-11-1-10-24-17/h4-9,12-13,19,21H,1-3,10-11H2. The molecule has 1 saturated carbocycles. The molecule has 0 radical (unpaired) electrons. The number of halogens is 1. The number of rotatable bonds is 5. The highest BCUT2D eigenvalue weighted by Crippen LogP contribution is 2.42. The van der Waals surface area contributed by atoms with Gasteiger partial charge in [-0.1, -0.05) is 23.7 Å². The van der Waals surface area contributed by atoms with Gasteiger partial charge in [-0.05, 0) is 48.6 Å². The third-order valence-corrected chi connectivity index (χ3v) is 6.32. The van der Waals surface area contributed by atoms with Gasteiger partial charge in [0.15, 0.2) is 11.5 Å². The first-order valence-corrected chi connectivity index (χ1v) is 10.6. The molecular formula is C19H20ClNO4S. The lowest BCUT2D eigenvalue weighted by molar-refractivity contribution is 0.297. The van der Waals surface area contributed by atoms with Crippen LogP contribution in [0.4, 0.5) is 0 Å². The van der Waals surface area contributed by atoms with Gasteiger partial charge in [-0.3, -0.25) is 0 Å². The van der Waals surface area contributed by atoms with Crippen LogP contribution in [0.25, 0.3) is 0 Å². The summed E-state index contributed by atoms with van der Waals surface area (Å²) in [6.45, 7) is 1.08. The topological polar surface area (TPSA) is 64.6 Å². The van der Waals surface area contributed by atoms with E-state index in [1.165, 1.54) is 6.07 Å². The molecule has 4 rings (SSSR count). The first-order chi connectivity index (χ1) is 12.5. The average Bonchev–Trinajstić information content (AvgIpc) is 3.47. The summed E-state index contributed by atoms with van der Waals surface area (Å²) in [5, 5.41) is 0.633. The zero-order valence-corrected chi connectivity index (χ0v) is 15.7. The monoisotopic (exact) mass is 393 g/mol. The minimum Gasteiger partial charge on any atom is -0.490 e. The highest BCUT2D eigenvalue weighted by Gasteiger charge is 2.35. The Morgan fingerprint density at radius 1 is 1.00 bits per heavy atom. The Hall–Kier alpha value is -1.76. The maximum absolute atomic E-state index is 13.0. The molecule has 0 amide bonds. The molecule has 2 aromatic carbocycles. The molecule has 138 valence electrons. The minimum atomic E-state index is -3.69. The molecule has 5 nitrogen and oxygen atoms in total. The van der Waals surface area contributed by atoms with Gasteiger partial charge in [0.2, 0.25) is 10.0 Å². The number of nitrogens with one attached hydrogen (secondary N) is 1.